The highest BCUT2D eigenvalue weighted by Crippen LogP contribution is 2.17. The van der Waals surface area contributed by atoms with Crippen molar-refractivity contribution in [2.24, 2.45) is 0 Å². The summed E-state index contributed by atoms with van der Waals surface area (Å²) in [7, 11) is 0. The van der Waals surface area contributed by atoms with Gasteiger partial charge in [-0.05, 0) is 30.7 Å². The zero-order valence-electron chi connectivity index (χ0n) is 10.6. The van der Waals surface area contributed by atoms with Crippen LogP contribution >= 0.6 is 0 Å². The monoisotopic (exact) mass is 270 g/mol. The molecule has 0 spiro atoms. The molecule has 0 saturated carbocycles. The molecule has 0 aliphatic rings. The number of halogens is 1. The van der Waals surface area contributed by atoms with Crippen LogP contribution < -0.4 is 5.32 Å². The number of carbonyl (C=O) groups excluding carboxylic acids is 1. The van der Waals surface area contributed by atoms with Crippen molar-refractivity contribution in [2.75, 3.05) is 5.32 Å². The van der Waals surface area contributed by atoms with Gasteiger partial charge in [-0.25, -0.2) is 14.4 Å². The number of rotatable bonds is 2. The molecule has 0 unspecified atom stereocenters. The van der Waals surface area contributed by atoms with Crippen LogP contribution in [0.15, 0.2) is 36.8 Å². The fraction of sp³-hybridized carbons (Fsp3) is 0.0714. The van der Waals surface area contributed by atoms with Crippen molar-refractivity contribution >= 4 is 22.8 Å². The zero-order valence-corrected chi connectivity index (χ0v) is 10.6. The van der Waals surface area contributed by atoms with Gasteiger partial charge in [-0.15, -0.1) is 0 Å². The van der Waals surface area contributed by atoms with Gasteiger partial charge in [0, 0.05) is 11.9 Å². The first-order valence-corrected chi connectivity index (χ1v) is 6.00. The molecule has 0 radical (unpaired) electrons. The molecule has 5 nitrogen and oxygen atoms in total. The lowest BCUT2D eigenvalue weighted by molar-refractivity contribution is 0.102. The van der Waals surface area contributed by atoms with Crippen LogP contribution in [0.5, 0.6) is 0 Å². The van der Waals surface area contributed by atoms with Crippen molar-refractivity contribution in [1.29, 1.82) is 0 Å². The smallest absolute Gasteiger partial charge is 0.257 e. The lowest BCUT2D eigenvalue weighted by atomic mass is 10.2. The summed E-state index contributed by atoms with van der Waals surface area (Å²) in [4.78, 5) is 23.1. The van der Waals surface area contributed by atoms with Gasteiger partial charge in [0.05, 0.1) is 17.4 Å². The minimum Gasteiger partial charge on any atom is -0.343 e. The number of fused-ring (bicyclic) bond motifs is 1. The van der Waals surface area contributed by atoms with Crippen molar-refractivity contribution < 1.29 is 9.18 Å². The molecule has 0 bridgehead atoms. The van der Waals surface area contributed by atoms with Gasteiger partial charge in [-0.1, -0.05) is 6.07 Å². The van der Waals surface area contributed by atoms with E-state index in [2.05, 4.69) is 20.3 Å². The van der Waals surface area contributed by atoms with E-state index in [1.807, 2.05) is 0 Å². The molecule has 0 fully saturated rings. The summed E-state index contributed by atoms with van der Waals surface area (Å²) < 4.78 is 13.2. The summed E-state index contributed by atoms with van der Waals surface area (Å²) in [5.74, 6) is -0.740. The van der Waals surface area contributed by atoms with E-state index in [0.29, 0.717) is 22.4 Å². The highest BCUT2D eigenvalue weighted by molar-refractivity contribution is 6.05. The Morgan fingerprint density at radius 1 is 1.30 bits per heavy atom. The van der Waals surface area contributed by atoms with Crippen LogP contribution in [0, 0.1) is 12.7 Å². The van der Waals surface area contributed by atoms with Crippen LogP contribution in [0.4, 0.5) is 10.1 Å². The molecule has 0 saturated heterocycles. The molecular formula is C14H11FN4O. The van der Waals surface area contributed by atoms with Gasteiger partial charge in [-0.2, -0.15) is 0 Å². The molecular weight excluding hydrogens is 259 g/mol. The number of hydrogen-bond donors (Lipinski definition) is 2. The topological polar surface area (TPSA) is 70.7 Å². The summed E-state index contributed by atoms with van der Waals surface area (Å²) >= 11 is 0. The molecule has 2 heterocycles. The number of aryl methyl sites for hydroxylation is 1. The van der Waals surface area contributed by atoms with Gasteiger partial charge in [0.15, 0.2) is 5.65 Å². The average molecular weight is 270 g/mol. The van der Waals surface area contributed by atoms with Crippen molar-refractivity contribution in [1.82, 2.24) is 15.0 Å². The molecule has 2 aromatic heterocycles. The number of amides is 1. The predicted octanol–water partition coefficient (Wildman–Crippen LogP) is 2.66. The Bertz CT molecular complexity index is 797. The van der Waals surface area contributed by atoms with E-state index < -0.39 is 5.82 Å². The number of benzene rings is 1. The summed E-state index contributed by atoms with van der Waals surface area (Å²) in [6.07, 6.45) is 2.95. The van der Waals surface area contributed by atoms with Gasteiger partial charge >= 0.3 is 0 Å². The van der Waals surface area contributed by atoms with Crippen molar-refractivity contribution in [2.45, 2.75) is 6.92 Å². The van der Waals surface area contributed by atoms with E-state index in [0.717, 1.165) is 5.56 Å². The van der Waals surface area contributed by atoms with Gasteiger partial charge < -0.3 is 10.3 Å². The SMILES string of the molecule is Cc1ccc(F)cc1NC(=O)c1cnc2nc[nH]c2c1. The standard InChI is InChI=1S/C14H11FN4O/c1-8-2-3-10(15)5-11(8)19-14(20)9-4-12-13(16-6-9)18-7-17-12/h2-7H,1H3,(H,19,20)(H,16,17,18). The van der Waals surface area contributed by atoms with Crippen LogP contribution in [0.2, 0.25) is 0 Å². The Kier molecular flexibility index (Phi) is 2.90. The lowest BCUT2D eigenvalue weighted by Gasteiger charge is -2.08. The first-order valence-electron chi connectivity index (χ1n) is 6.00. The second kappa shape index (κ2) is 4.73. The molecule has 3 rings (SSSR count). The second-order valence-electron chi connectivity index (χ2n) is 4.41. The molecule has 0 aliphatic carbocycles. The third kappa shape index (κ3) is 2.23. The average Bonchev–Trinajstić information content (AvgIpc) is 2.90. The van der Waals surface area contributed by atoms with Gasteiger partial charge in [0.1, 0.15) is 5.82 Å². The normalized spacial score (nSPS) is 10.7. The van der Waals surface area contributed by atoms with E-state index in [9.17, 15) is 9.18 Å². The highest BCUT2D eigenvalue weighted by atomic mass is 19.1. The van der Waals surface area contributed by atoms with E-state index in [4.69, 9.17) is 0 Å². The fourth-order valence-electron chi connectivity index (χ4n) is 1.88. The van der Waals surface area contributed by atoms with Gasteiger partial charge in [-0.3, -0.25) is 4.79 Å². The Morgan fingerprint density at radius 3 is 3.00 bits per heavy atom. The number of imidazole rings is 1. The van der Waals surface area contributed by atoms with E-state index in [-0.39, 0.29) is 5.91 Å². The first kappa shape index (κ1) is 12.3. The third-order valence-electron chi connectivity index (χ3n) is 2.98. The largest absolute Gasteiger partial charge is 0.343 e. The maximum atomic E-state index is 13.2. The Labute approximate surface area is 113 Å². The van der Waals surface area contributed by atoms with Crippen LogP contribution in [0.25, 0.3) is 11.2 Å². The van der Waals surface area contributed by atoms with E-state index in [1.54, 1.807) is 19.1 Å². The van der Waals surface area contributed by atoms with Crippen LogP contribution in [-0.4, -0.2) is 20.9 Å². The summed E-state index contributed by atoms with van der Waals surface area (Å²) in [5, 5.41) is 2.67. The quantitative estimate of drug-likeness (QED) is 0.752. The Hall–Kier alpha value is -2.76. The second-order valence-corrected chi connectivity index (χ2v) is 4.41. The Balaban J connectivity index is 1.90. The van der Waals surface area contributed by atoms with Crippen LogP contribution in [0.1, 0.15) is 15.9 Å². The third-order valence-corrected chi connectivity index (χ3v) is 2.98. The number of aromatic nitrogens is 3. The number of hydrogen-bond acceptors (Lipinski definition) is 3. The number of nitrogens with one attached hydrogen (secondary N) is 2. The van der Waals surface area contributed by atoms with Gasteiger partial charge in [0.25, 0.3) is 5.91 Å². The van der Waals surface area contributed by atoms with Crippen LogP contribution in [-0.2, 0) is 0 Å². The first-order chi connectivity index (χ1) is 9.63. The lowest BCUT2D eigenvalue weighted by Crippen LogP contribution is -2.13. The molecule has 20 heavy (non-hydrogen) atoms. The number of H-pyrrole nitrogens is 1. The maximum Gasteiger partial charge on any atom is 0.257 e. The molecule has 100 valence electrons. The molecule has 0 atom stereocenters. The zero-order chi connectivity index (χ0) is 14.1. The van der Waals surface area contributed by atoms with Gasteiger partial charge in [0.2, 0.25) is 0 Å². The van der Waals surface area contributed by atoms with E-state index in [1.165, 1.54) is 24.7 Å². The number of anilines is 1. The number of aromatic amines is 1. The maximum absolute atomic E-state index is 13.2. The number of carbonyl (C=O) groups is 1. The minimum atomic E-state index is -0.395. The summed E-state index contributed by atoms with van der Waals surface area (Å²) in [5.41, 5.74) is 2.83. The minimum absolute atomic E-state index is 0.345. The number of nitrogens with zero attached hydrogens (tertiary/aromatic N) is 2. The van der Waals surface area contributed by atoms with Crippen LogP contribution in [0.3, 0.4) is 0 Å². The summed E-state index contributed by atoms with van der Waals surface area (Å²) in [6.45, 7) is 1.80. The fourth-order valence-corrected chi connectivity index (χ4v) is 1.88. The van der Waals surface area contributed by atoms with E-state index >= 15 is 0 Å². The molecule has 2 N–H and O–H groups in total. The summed E-state index contributed by atoms with van der Waals surface area (Å²) in [6, 6.07) is 5.90. The highest BCUT2D eigenvalue weighted by Gasteiger charge is 2.10. The molecule has 0 aliphatic heterocycles. The molecule has 1 amide bonds. The Morgan fingerprint density at radius 2 is 2.15 bits per heavy atom. The predicted molar refractivity (Wildman–Crippen MR) is 73.0 cm³/mol. The van der Waals surface area contributed by atoms with Crippen molar-refractivity contribution in [3.05, 3.63) is 53.7 Å². The molecule has 1 aromatic carbocycles. The van der Waals surface area contributed by atoms with Crippen molar-refractivity contribution in [3.63, 3.8) is 0 Å². The van der Waals surface area contributed by atoms with Crippen molar-refractivity contribution in [3.8, 4) is 0 Å². The molecule has 3 aromatic rings. The molecule has 6 heteroatoms. The number of pyridine rings is 1.